The molecule has 0 N–H and O–H groups in total. The molecule has 5 heteroatoms. The summed E-state index contributed by atoms with van der Waals surface area (Å²) < 4.78 is 0. The molecule has 4 rings (SSSR count). The van der Waals surface area contributed by atoms with Gasteiger partial charge in [-0.3, -0.25) is 14.5 Å². The van der Waals surface area contributed by atoms with E-state index in [1.165, 1.54) is 5.56 Å². The van der Waals surface area contributed by atoms with Gasteiger partial charge in [0, 0.05) is 45.5 Å². The van der Waals surface area contributed by atoms with E-state index in [0.717, 1.165) is 38.4 Å². The smallest absolute Gasteiger partial charge is 0.230 e. The van der Waals surface area contributed by atoms with Crippen molar-refractivity contribution in [2.45, 2.75) is 13.0 Å². The fourth-order valence-electron chi connectivity index (χ4n) is 3.97. The summed E-state index contributed by atoms with van der Waals surface area (Å²) in [5.41, 5.74) is 2.18. The maximum atomic E-state index is 12.8. The Labute approximate surface area is 166 Å². The van der Waals surface area contributed by atoms with Crippen LogP contribution < -0.4 is 4.90 Å². The molecule has 0 spiro atoms. The van der Waals surface area contributed by atoms with E-state index in [1.807, 2.05) is 41.3 Å². The second-order valence-corrected chi connectivity index (χ2v) is 7.77. The number of anilines is 1. The molecule has 2 unspecified atom stereocenters. The highest BCUT2D eigenvalue weighted by atomic mass is 16.2. The van der Waals surface area contributed by atoms with Crippen molar-refractivity contribution in [1.29, 1.82) is 0 Å². The second-order valence-electron chi connectivity index (χ2n) is 7.77. The minimum absolute atomic E-state index is 0.0484. The highest BCUT2D eigenvalue weighted by Crippen LogP contribution is 2.42. The first kappa shape index (κ1) is 18.7. The van der Waals surface area contributed by atoms with Crippen LogP contribution in [-0.2, 0) is 16.1 Å². The number of para-hydroxylation sites is 1. The highest BCUT2D eigenvalue weighted by molar-refractivity contribution is 6.00. The van der Waals surface area contributed by atoms with E-state index in [2.05, 4.69) is 29.2 Å². The van der Waals surface area contributed by atoms with Crippen molar-refractivity contribution in [3.8, 4) is 0 Å². The van der Waals surface area contributed by atoms with Crippen molar-refractivity contribution in [3.63, 3.8) is 0 Å². The molecule has 0 radical (unpaired) electrons. The third-order valence-electron chi connectivity index (χ3n) is 5.83. The summed E-state index contributed by atoms with van der Waals surface area (Å²) >= 11 is 0. The number of amides is 2. The molecule has 1 saturated carbocycles. The lowest BCUT2D eigenvalue weighted by molar-refractivity contribution is -0.136. The first-order valence-corrected chi connectivity index (χ1v) is 10.0. The molecule has 2 aliphatic rings. The quantitative estimate of drug-likeness (QED) is 0.805. The molecule has 28 heavy (non-hydrogen) atoms. The van der Waals surface area contributed by atoms with E-state index in [4.69, 9.17) is 0 Å². The summed E-state index contributed by atoms with van der Waals surface area (Å²) in [6, 6.07) is 20.0. The average molecular weight is 377 g/mol. The van der Waals surface area contributed by atoms with Crippen LogP contribution in [-0.4, -0.2) is 54.8 Å². The molecule has 146 valence electrons. The van der Waals surface area contributed by atoms with Gasteiger partial charge >= 0.3 is 0 Å². The largest absolute Gasteiger partial charge is 0.340 e. The van der Waals surface area contributed by atoms with Gasteiger partial charge in [0.05, 0.1) is 11.8 Å². The van der Waals surface area contributed by atoms with E-state index in [0.29, 0.717) is 6.42 Å². The topological polar surface area (TPSA) is 43.9 Å². The van der Waals surface area contributed by atoms with Crippen molar-refractivity contribution in [2.24, 2.45) is 11.8 Å². The standard InChI is InChI=1S/C23H27N3O2/c1-24(19-10-6-3-7-11-19)22(27)20-16-21(20)23(28)26-14-12-25(13-15-26)17-18-8-4-2-5-9-18/h2-11,20-21H,12-17H2,1H3. The summed E-state index contributed by atoms with van der Waals surface area (Å²) in [5, 5.41) is 0. The van der Waals surface area contributed by atoms with Gasteiger partial charge in [-0.05, 0) is 24.1 Å². The second kappa shape index (κ2) is 8.15. The van der Waals surface area contributed by atoms with Crippen molar-refractivity contribution >= 4 is 17.5 Å². The number of carbonyl (C=O) groups is 2. The highest BCUT2D eigenvalue weighted by Gasteiger charge is 2.50. The molecule has 2 fully saturated rings. The Morgan fingerprint density at radius 2 is 1.50 bits per heavy atom. The zero-order chi connectivity index (χ0) is 19.5. The van der Waals surface area contributed by atoms with E-state index < -0.39 is 0 Å². The van der Waals surface area contributed by atoms with Crippen LogP contribution in [0, 0.1) is 11.8 Å². The predicted molar refractivity (Wildman–Crippen MR) is 110 cm³/mol. The predicted octanol–water partition coefficient (Wildman–Crippen LogP) is 2.63. The van der Waals surface area contributed by atoms with Crippen LogP contribution in [0.4, 0.5) is 5.69 Å². The first-order valence-electron chi connectivity index (χ1n) is 10.0. The molecule has 1 saturated heterocycles. The first-order chi connectivity index (χ1) is 13.6. The van der Waals surface area contributed by atoms with Crippen molar-refractivity contribution < 1.29 is 9.59 Å². The fraction of sp³-hybridized carbons (Fsp3) is 0.391. The van der Waals surface area contributed by atoms with Crippen molar-refractivity contribution in [1.82, 2.24) is 9.80 Å². The number of piperazine rings is 1. The number of carbonyl (C=O) groups excluding carboxylic acids is 2. The van der Waals surface area contributed by atoms with Gasteiger partial charge in [-0.25, -0.2) is 0 Å². The molecule has 1 heterocycles. The van der Waals surface area contributed by atoms with Gasteiger partial charge in [0.25, 0.3) is 0 Å². The molecule has 5 nitrogen and oxygen atoms in total. The van der Waals surface area contributed by atoms with Gasteiger partial charge in [-0.2, -0.15) is 0 Å². The molecule has 2 aromatic rings. The maximum absolute atomic E-state index is 12.8. The van der Waals surface area contributed by atoms with Gasteiger partial charge < -0.3 is 9.80 Å². The third kappa shape index (κ3) is 4.09. The lowest BCUT2D eigenvalue weighted by atomic mass is 10.2. The number of nitrogens with zero attached hydrogens (tertiary/aromatic N) is 3. The third-order valence-corrected chi connectivity index (χ3v) is 5.83. The lowest BCUT2D eigenvalue weighted by Gasteiger charge is -2.35. The van der Waals surface area contributed by atoms with Gasteiger partial charge in [-0.15, -0.1) is 0 Å². The molecular weight excluding hydrogens is 350 g/mol. The number of rotatable bonds is 5. The van der Waals surface area contributed by atoms with Gasteiger partial charge in [0.15, 0.2) is 0 Å². The van der Waals surface area contributed by atoms with Crippen LogP contribution in [0.25, 0.3) is 0 Å². The lowest BCUT2D eigenvalue weighted by Crippen LogP contribution is -2.49. The van der Waals surface area contributed by atoms with Crippen LogP contribution in [0.15, 0.2) is 60.7 Å². The van der Waals surface area contributed by atoms with E-state index >= 15 is 0 Å². The Kier molecular flexibility index (Phi) is 5.44. The normalized spacial score (nSPS) is 22.0. The van der Waals surface area contributed by atoms with Crippen LogP contribution in [0.1, 0.15) is 12.0 Å². The summed E-state index contributed by atoms with van der Waals surface area (Å²) in [5.74, 6) is -0.106. The fourth-order valence-corrected chi connectivity index (χ4v) is 3.97. The maximum Gasteiger partial charge on any atom is 0.230 e. The van der Waals surface area contributed by atoms with E-state index in [1.54, 1.807) is 11.9 Å². The molecule has 1 aliphatic carbocycles. The Balaban J connectivity index is 1.27. The van der Waals surface area contributed by atoms with Crippen molar-refractivity contribution in [2.75, 3.05) is 38.1 Å². The van der Waals surface area contributed by atoms with Crippen molar-refractivity contribution in [3.05, 3.63) is 66.2 Å². The molecular formula is C23H27N3O2. The Hall–Kier alpha value is -2.66. The zero-order valence-electron chi connectivity index (χ0n) is 16.3. The Bertz CT molecular complexity index is 816. The monoisotopic (exact) mass is 377 g/mol. The summed E-state index contributed by atoms with van der Waals surface area (Å²) in [7, 11) is 1.79. The van der Waals surface area contributed by atoms with Crippen LogP contribution in [0.3, 0.4) is 0 Å². The number of benzene rings is 2. The number of hydrogen-bond donors (Lipinski definition) is 0. The zero-order valence-corrected chi connectivity index (χ0v) is 16.3. The summed E-state index contributed by atoms with van der Waals surface area (Å²) in [6.45, 7) is 4.19. The molecule has 1 aliphatic heterocycles. The minimum Gasteiger partial charge on any atom is -0.340 e. The van der Waals surface area contributed by atoms with Gasteiger partial charge in [0.2, 0.25) is 11.8 Å². The summed E-state index contributed by atoms with van der Waals surface area (Å²) in [4.78, 5) is 31.6. The Morgan fingerprint density at radius 1 is 0.893 bits per heavy atom. The van der Waals surface area contributed by atoms with E-state index in [9.17, 15) is 9.59 Å². The van der Waals surface area contributed by atoms with Gasteiger partial charge in [0.1, 0.15) is 0 Å². The van der Waals surface area contributed by atoms with Gasteiger partial charge in [-0.1, -0.05) is 48.5 Å². The molecule has 2 aromatic carbocycles. The Morgan fingerprint density at radius 3 is 2.14 bits per heavy atom. The molecule has 0 aromatic heterocycles. The molecule has 2 atom stereocenters. The van der Waals surface area contributed by atoms with Crippen LogP contribution in [0.2, 0.25) is 0 Å². The number of hydrogen-bond acceptors (Lipinski definition) is 3. The SMILES string of the molecule is CN(C(=O)C1CC1C(=O)N1CCN(Cc2ccccc2)CC1)c1ccccc1. The summed E-state index contributed by atoms with van der Waals surface area (Å²) in [6.07, 6.45) is 0.680. The molecule has 0 bridgehead atoms. The van der Waals surface area contributed by atoms with E-state index in [-0.39, 0.29) is 23.7 Å². The van der Waals surface area contributed by atoms with Crippen LogP contribution in [0.5, 0.6) is 0 Å². The molecule has 2 amide bonds. The minimum atomic E-state index is -0.167. The average Bonchev–Trinajstić information content (AvgIpc) is 3.55. The van der Waals surface area contributed by atoms with Crippen LogP contribution >= 0.6 is 0 Å².